The molecular formula is C66H112O6. The lowest BCUT2D eigenvalue weighted by molar-refractivity contribution is -0.167. The third-order valence-electron chi connectivity index (χ3n) is 12.8. The van der Waals surface area contributed by atoms with Crippen molar-refractivity contribution in [1.29, 1.82) is 0 Å². The van der Waals surface area contributed by atoms with Gasteiger partial charge in [0.25, 0.3) is 0 Å². The van der Waals surface area contributed by atoms with E-state index >= 15 is 0 Å². The molecule has 0 aromatic heterocycles. The second-order valence-corrected chi connectivity index (χ2v) is 19.9. The Morgan fingerprint density at radius 1 is 0.292 bits per heavy atom. The van der Waals surface area contributed by atoms with Crippen molar-refractivity contribution in [2.24, 2.45) is 0 Å². The molecule has 0 aromatic rings. The molecule has 0 aliphatic heterocycles. The number of carbonyl (C=O) groups is 3. The van der Waals surface area contributed by atoms with Crippen LogP contribution in [0.1, 0.15) is 284 Å². The average Bonchev–Trinajstić information content (AvgIpc) is 3.38. The quantitative estimate of drug-likeness (QED) is 0.0261. The van der Waals surface area contributed by atoms with Crippen LogP contribution in [0, 0.1) is 0 Å². The molecule has 0 fully saturated rings. The Hall–Kier alpha value is -3.67. The summed E-state index contributed by atoms with van der Waals surface area (Å²) in [7, 11) is 0. The van der Waals surface area contributed by atoms with Crippen molar-refractivity contribution in [2.45, 2.75) is 290 Å². The third kappa shape index (κ3) is 57.2. The van der Waals surface area contributed by atoms with Gasteiger partial charge < -0.3 is 14.2 Å². The van der Waals surface area contributed by atoms with E-state index in [9.17, 15) is 14.4 Å². The van der Waals surface area contributed by atoms with Crippen LogP contribution in [0.3, 0.4) is 0 Å². The van der Waals surface area contributed by atoms with Gasteiger partial charge in [0, 0.05) is 19.3 Å². The van der Waals surface area contributed by atoms with Crippen LogP contribution in [0.15, 0.2) is 97.2 Å². The summed E-state index contributed by atoms with van der Waals surface area (Å²) in [5, 5.41) is 0. The van der Waals surface area contributed by atoms with E-state index in [-0.39, 0.29) is 31.1 Å². The summed E-state index contributed by atoms with van der Waals surface area (Å²) < 4.78 is 16.9. The fourth-order valence-corrected chi connectivity index (χ4v) is 8.25. The van der Waals surface area contributed by atoms with E-state index in [1.165, 1.54) is 122 Å². The Balaban J connectivity index is 4.40. The van der Waals surface area contributed by atoms with Crippen LogP contribution in [0.4, 0.5) is 0 Å². The summed E-state index contributed by atoms with van der Waals surface area (Å²) in [5.41, 5.74) is 0. The Bertz CT molecular complexity index is 1430. The number of carbonyl (C=O) groups excluding carboxylic acids is 3. The zero-order chi connectivity index (χ0) is 52.2. The van der Waals surface area contributed by atoms with Crippen molar-refractivity contribution in [3.63, 3.8) is 0 Å². The minimum absolute atomic E-state index is 0.0897. The zero-order valence-electron chi connectivity index (χ0n) is 47.2. The van der Waals surface area contributed by atoms with E-state index in [4.69, 9.17) is 14.2 Å². The Morgan fingerprint density at radius 2 is 0.556 bits per heavy atom. The van der Waals surface area contributed by atoms with Crippen molar-refractivity contribution < 1.29 is 28.6 Å². The molecule has 0 aliphatic rings. The lowest BCUT2D eigenvalue weighted by Gasteiger charge is -2.18. The van der Waals surface area contributed by atoms with Crippen molar-refractivity contribution in [3.8, 4) is 0 Å². The minimum atomic E-state index is -0.792. The molecule has 0 N–H and O–H groups in total. The van der Waals surface area contributed by atoms with Gasteiger partial charge in [0.2, 0.25) is 0 Å². The van der Waals surface area contributed by atoms with Gasteiger partial charge in [0.05, 0.1) is 0 Å². The standard InChI is InChI=1S/C66H112O6/c1-4-7-10-13-16-19-22-25-28-30-31-32-33-34-35-37-38-41-44-47-50-53-56-59-65(68)71-62-63(61-70-64(67)58-55-52-49-46-43-40-27-24-21-18-15-12-9-6-3)72-66(69)60-57-54-51-48-45-42-39-36-29-26-23-20-17-14-11-8-5-2/h7,10,15-16,18-19,24-29,31-32,34-35,63H,4-6,8-9,11-14,17,20-23,30,33,36-62H2,1-3H3/b10-7-,18-15-,19-16-,27-24-,28-25-,29-26-,32-31-,35-34-. The first-order valence-electron chi connectivity index (χ1n) is 30.2. The summed E-state index contributed by atoms with van der Waals surface area (Å²) in [5.74, 6) is -0.912. The third-order valence-corrected chi connectivity index (χ3v) is 12.8. The maximum absolute atomic E-state index is 12.9. The van der Waals surface area contributed by atoms with Gasteiger partial charge in [-0.2, -0.15) is 0 Å². The molecule has 1 unspecified atom stereocenters. The van der Waals surface area contributed by atoms with Crippen LogP contribution in [0.25, 0.3) is 0 Å². The fourth-order valence-electron chi connectivity index (χ4n) is 8.25. The van der Waals surface area contributed by atoms with E-state index in [1.807, 2.05) is 0 Å². The first-order valence-corrected chi connectivity index (χ1v) is 30.2. The highest BCUT2D eigenvalue weighted by atomic mass is 16.6. The molecular weight excluding hydrogens is 889 g/mol. The summed E-state index contributed by atoms with van der Waals surface area (Å²) in [6.07, 6.45) is 79.7. The molecule has 0 saturated carbocycles. The van der Waals surface area contributed by atoms with Crippen molar-refractivity contribution in [1.82, 2.24) is 0 Å². The summed E-state index contributed by atoms with van der Waals surface area (Å²) in [4.78, 5) is 38.2. The van der Waals surface area contributed by atoms with Gasteiger partial charge in [-0.15, -0.1) is 0 Å². The molecule has 0 aromatic carbocycles. The van der Waals surface area contributed by atoms with Crippen molar-refractivity contribution in [2.75, 3.05) is 13.2 Å². The predicted molar refractivity (Wildman–Crippen MR) is 311 cm³/mol. The van der Waals surface area contributed by atoms with Crippen molar-refractivity contribution in [3.05, 3.63) is 97.2 Å². The molecule has 0 radical (unpaired) electrons. The largest absolute Gasteiger partial charge is 0.462 e. The number of unbranched alkanes of at least 4 members (excludes halogenated alkanes) is 27. The lowest BCUT2D eigenvalue weighted by atomic mass is 10.1. The molecule has 0 rings (SSSR count). The van der Waals surface area contributed by atoms with Gasteiger partial charge in [-0.1, -0.05) is 246 Å². The number of hydrogen-bond donors (Lipinski definition) is 0. The molecule has 6 heteroatoms. The Morgan fingerprint density at radius 3 is 0.903 bits per heavy atom. The number of hydrogen-bond acceptors (Lipinski definition) is 6. The number of esters is 3. The van der Waals surface area contributed by atoms with E-state index in [0.717, 1.165) is 122 Å². The summed E-state index contributed by atoms with van der Waals surface area (Å²) in [6, 6.07) is 0. The van der Waals surface area contributed by atoms with Gasteiger partial charge in [-0.05, 0) is 116 Å². The van der Waals surface area contributed by atoms with Crippen LogP contribution in [0.5, 0.6) is 0 Å². The Labute approximate surface area is 445 Å². The van der Waals surface area contributed by atoms with Crippen LogP contribution in [-0.4, -0.2) is 37.2 Å². The molecule has 412 valence electrons. The van der Waals surface area contributed by atoms with Crippen LogP contribution >= 0.6 is 0 Å². The van der Waals surface area contributed by atoms with E-state index < -0.39 is 6.10 Å². The van der Waals surface area contributed by atoms with Crippen LogP contribution in [0.2, 0.25) is 0 Å². The molecule has 0 heterocycles. The highest BCUT2D eigenvalue weighted by molar-refractivity contribution is 5.71. The first kappa shape index (κ1) is 68.3. The van der Waals surface area contributed by atoms with Crippen molar-refractivity contribution >= 4 is 17.9 Å². The molecule has 0 aliphatic carbocycles. The molecule has 0 bridgehead atoms. The SMILES string of the molecule is CC/C=C\C/C=C\C/C=C\C/C=C\C/C=C\CCCCCCCCCC(=O)OCC(COC(=O)CCCCCCC/C=C\C/C=C\CCCC)OC(=O)CCCCCCCCC/C=C\CCCCCCCC. The lowest BCUT2D eigenvalue weighted by Crippen LogP contribution is -2.30. The van der Waals surface area contributed by atoms with Gasteiger partial charge >= 0.3 is 17.9 Å². The molecule has 72 heavy (non-hydrogen) atoms. The molecule has 0 spiro atoms. The highest BCUT2D eigenvalue weighted by Gasteiger charge is 2.19. The van der Waals surface area contributed by atoms with Gasteiger partial charge in [0.1, 0.15) is 13.2 Å². The predicted octanol–water partition coefficient (Wildman–Crippen LogP) is 20.5. The highest BCUT2D eigenvalue weighted by Crippen LogP contribution is 2.15. The van der Waals surface area contributed by atoms with Gasteiger partial charge in [0.15, 0.2) is 6.10 Å². The summed E-state index contributed by atoms with van der Waals surface area (Å²) in [6.45, 7) is 6.47. The van der Waals surface area contributed by atoms with Crippen LogP contribution < -0.4 is 0 Å². The Kier molecular flexibility index (Phi) is 56.8. The number of allylic oxidation sites excluding steroid dienone is 16. The molecule has 0 amide bonds. The first-order chi connectivity index (χ1) is 35.5. The topological polar surface area (TPSA) is 78.9 Å². The normalized spacial score (nSPS) is 12.8. The monoisotopic (exact) mass is 1000 g/mol. The maximum Gasteiger partial charge on any atom is 0.306 e. The fraction of sp³-hybridized carbons (Fsp3) is 0.712. The van der Waals surface area contributed by atoms with E-state index in [2.05, 4.69) is 118 Å². The maximum atomic E-state index is 12.9. The second-order valence-electron chi connectivity index (χ2n) is 19.9. The molecule has 6 nitrogen and oxygen atoms in total. The second kappa shape index (κ2) is 59.9. The van der Waals surface area contributed by atoms with Gasteiger partial charge in [-0.25, -0.2) is 0 Å². The summed E-state index contributed by atoms with van der Waals surface area (Å²) >= 11 is 0. The van der Waals surface area contributed by atoms with E-state index in [1.54, 1.807) is 0 Å². The van der Waals surface area contributed by atoms with Gasteiger partial charge in [-0.3, -0.25) is 14.4 Å². The minimum Gasteiger partial charge on any atom is -0.462 e. The zero-order valence-corrected chi connectivity index (χ0v) is 47.2. The number of rotatable bonds is 54. The average molecular weight is 1000 g/mol. The molecule has 1 atom stereocenters. The van der Waals surface area contributed by atoms with E-state index in [0.29, 0.717) is 19.3 Å². The van der Waals surface area contributed by atoms with Crippen LogP contribution in [-0.2, 0) is 28.6 Å². The smallest absolute Gasteiger partial charge is 0.306 e. The molecule has 0 saturated heterocycles. The number of ether oxygens (including phenoxy) is 3.